The van der Waals surface area contributed by atoms with Gasteiger partial charge in [0, 0.05) is 12.6 Å². The van der Waals surface area contributed by atoms with Gasteiger partial charge in [-0.25, -0.2) is 0 Å². The highest BCUT2D eigenvalue weighted by Gasteiger charge is 2.41. The van der Waals surface area contributed by atoms with Crippen LogP contribution in [0.1, 0.15) is 52.9 Å². The minimum Gasteiger partial charge on any atom is -0.313 e. The maximum atomic E-state index is 3.75. The highest BCUT2D eigenvalue weighted by molar-refractivity contribution is 4.97. The highest BCUT2D eigenvalue weighted by atomic mass is 15.1. The van der Waals surface area contributed by atoms with Crippen molar-refractivity contribution < 1.29 is 0 Å². The minimum atomic E-state index is 0.496. The van der Waals surface area contributed by atoms with Crippen LogP contribution in [0.3, 0.4) is 0 Å². The van der Waals surface area contributed by atoms with E-state index in [-0.39, 0.29) is 0 Å². The Morgan fingerprint density at radius 2 is 1.88 bits per heavy atom. The van der Waals surface area contributed by atoms with Crippen molar-refractivity contribution >= 4 is 0 Å². The van der Waals surface area contributed by atoms with E-state index in [0.29, 0.717) is 5.41 Å². The van der Waals surface area contributed by atoms with Crippen molar-refractivity contribution in [3.05, 3.63) is 0 Å². The first-order valence-corrected chi connectivity index (χ1v) is 7.59. The van der Waals surface area contributed by atoms with Gasteiger partial charge in [-0.05, 0) is 56.7 Å². The Hall–Kier alpha value is -0.0800. The van der Waals surface area contributed by atoms with Gasteiger partial charge in [-0.1, -0.05) is 27.2 Å². The number of piperidine rings is 1. The third-order valence-corrected chi connectivity index (χ3v) is 4.84. The molecule has 1 aliphatic heterocycles. The Balaban J connectivity index is 1.90. The van der Waals surface area contributed by atoms with Crippen LogP contribution in [-0.2, 0) is 0 Å². The predicted octanol–water partition coefficient (Wildman–Crippen LogP) is 2.89. The van der Waals surface area contributed by atoms with Crippen molar-refractivity contribution in [1.29, 1.82) is 0 Å². The molecule has 0 spiro atoms. The zero-order valence-corrected chi connectivity index (χ0v) is 12.0. The van der Waals surface area contributed by atoms with E-state index in [4.69, 9.17) is 0 Å². The number of hydrogen-bond acceptors (Lipinski definition) is 2. The normalized spacial score (nSPS) is 34.1. The summed E-state index contributed by atoms with van der Waals surface area (Å²) in [5.74, 6) is 0.878. The van der Waals surface area contributed by atoms with Gasteiger partial charge in [0.15, 0.2) is 0 Å². The van der Waals surface area contributed by atoms with E-state index in [9.17, 15) is 0 Å². The molecule has 2 aliphatic rings. The molecule has 0 bridgehead atoms. The molecular formula is C15H30N2. The zero-order valence-electron chi connectivity index (χ0n) is 12.0. The molecule has 0 aromatic rings. The van der Waals surface area contributed by atoms with E-state index in [0.717, 1.165) is 18.5 Å². The number of hydrogen-bond donors (Lipinski definition) is 1. The second-order valence-electron chi connectivity index (χ2n) is 6.68. The molecule has 2 rings (SSSR count). The second kappa shape index (κ2) is 5.71. The maximum Gasteiger partial charge on any atom is 0.0159 e. The first kappa shape index (κ1) is 13.4. The van der Waals surface area contributed by atoms with Crippen molar-refractivity contribution in [2.45, 2.75) is 58.9 Å². The summed E-state index contributed by atoms with van der Waals surface area (Å²) in [7, 11) is 0. The van der Waals surface area contributed by atoms with E-state index in [1.54, 1.807) is 0 Å². The van der Waals surface area contributed by atoms with Crippen molar-refractivity contribution in [1.82, 2.24) is 10.2 Å². The van der Waals surface area contributed by atoms with Crippen LogP contribution in [0.5, 0.6) is 0 Å². The molecule has 1 saturated carbocycles. The summed E-state index contributed by atoms with van der Waals surface area (Å²) in [4.78, 5) is 2.71. The molecule has 17 heavy (non-hydrogen) atoms. The molecule has 2 atom stereocenters. The standard InChI is InChI=1S/C15H30N2/c1-4-16-14-13(8-9-15(14,2)3)12-17-10-6-5-7-11-17/h13-14,16H,4-12H2,1-3H3. The summed E-state index contributed by atoms with van der Waals surface area (Å²) in [5, 5.41) is 3.75. The molecule has 1 saturated heterocycles. The lowest BCUT2D eigenvalue weighted by molar-refractivity contribution is 0.164. The minimum absolute atomic E-state index is 0.496. The van der Waals surface area contributed by atoms with Gasteiger partial charge in [0.05, 0.1) is 0 Å². The fraction of sp³-hybridized carbons (Fsp3) is 1.00. The quantitative estimate of drug-likeness (QED) is 0.810. The Morgan fingerprint density at radius 1 is 1.18 bits per heavy atom. The Morgan fingerprint density at radius 3 is 2.53 bits per heavy atom. The molecule has 2 heteroatoms. The summed E-state index contributed by atoms with van der Waals surface area (Å²) in [6.07, 6.45) is 7.09. The lowest BCUT2D eigenvalue weighted by atomic mass is 9.84. The molecule has 0 aromatic carbocycles. The fourth-order valence-corrected chi connectivity index (χ4v) is 3.85. The van der Waals surface area contributed by atoms with Gasteiger partial charge in [0.1, 0.15) is 0 Å². The summed E-state index contributed by atoms with van der Waals surface area (Å²) in [6, 6.07) is 0.731. The third-order valence-electron chi connectivity index (χ3n) is 4.84. The molecular weight excluding hydrogens is 208 g/mol. The molecule has 1 aliphatic carbocycles. The SMILES string of the molecule is CCNC1C(CN2CCCCC2)CCC1(C)C. The van der Waals surface area contributed by atoms with Gasteiger partial charge in [-0.15, -0.1) is 0 Å². The van der Waals surface area contributed by atoms with Gasteiger partial charge in [0.2, 0.25) is 0 Å². The van der Waals surface area contributed by atoms with Crippen LogP contribution in [-0.4, -0.2) is 37.1 Å². The van der Waals surface area contributed by atoms with E-state index in [1.807, 2.05) is 0 Å². The van der Waals surface area contributed by atoms with E-state index >= 15 is 0 Å². The van der Waals surface area contributed by atoms with Gasteiger partial charge in [-0.2, -0.15) is 0 Å². The van der Waals surface area contributed by atoms with Crippen LogP contribution in [0.2, 0.25) is 0 Å². The molecule has 100 valence electrons. The molecule has 2 unspecified atom stereocenters. The summed E-state index contributed by atoms with van der Waals surface area (Å²) in [5.41, 5.74) is 0.496. The van der Waals surface area contributed by atoms with Crippen LogP contribution in [0.15, 0.2) is 0 Å². The monoisotopic (exact) mass is 238 g/mol. The maximum absolute atomic E-state index is 3.75. The average molecular weight is 238 g/mol. The van der Waals surface area contributed by atoms with Crippen LogP contribution in [0.4, 0.5) is 0 Å². The molecule has 2 nitrogen and oxygen atoms in total. The lowest BCUT2D eigenvalue weighted by Gasteiger charge is -2.35. The predicted molar refractivity (Wildman–Crippen MR) is 74.3 cm³/mol. The lowest BCUT2D eigenvalue weighted by Crippen LogP contribution is -2.46. The Labute approximate surface area is 107 Å². The molecule has 0 amide bonds. The van der Waals surface area contributed by atoms with Crippen LogP contribution >= 0.6 is 0 Å². The molecule has 1 N–H and O–H groups in total. The van der Waals surface area contributed by atoms with Crippen molar-refractivity contribution in [3.8, 4) is 0 Å². The Kier molecular flexibility index (Phi) is 4.48. The first-order valence-electron chi connectivity index (χ1n) is 7.59. The smallest absolute Gasteiger partial charge is 0.0159 e. The number of rotatable bonds is 4. The van der Waals surface area contributed by atoms with E-state index in [2.05, 4.69) is 31.0 Å². The number of likely N-dealkylation sites (tertiary alicyclic amines) is 1. The number of nitrogens with zero attached hydrogens (tertiary/aromatic N) is 1. The molecule has 0 aromatic heterocycles. The molecule has 2 fully saturated rings. The van der Waals surface area contributed by atoms with Crippen LogP contribution in [0.25, 0.3) is 0 Å². The van der Waals surface area contributed by atoms with Gasteiger partial charge >= 0.3 is 0 Å². The largest absolute Gasteiger partial charge is 0.313 e. The Bertz CT molecular complexity index is 231. The first-order chi connectivity index (χ1) is 8.13. The van der Waals surface area contributed by atoms with Gasteiger partial charge < -0.3 is 10.2 Å². The van der Waals surface area contributed by atoms with Crippen molar-refractivity contribution in [2.24, 2.45) is 11.3 Å². The van der Waals surface area contributed by atoms with E-state index < -0.39 is 0 Å². The molecule has 0 radical (unpaired) electrons. The number of nitrogens with one attached hydrogen (secondary N) is 1. The van der Waals surface area contributed by atoms with Crippen LogP contribution < -0.4 is 5.32 Å². The second-order valence-corrected chi connectivity index (χ2v) is 6.68. The summed E-state index contributed by atoms with van der Waals surface area (Å²) >= 11 is 0. The third kappa shape index (κ3) is 3.23. The zero-order chi connectivity index (χ0) is 12.3. The van der Waals surface area contributed by atoms with Crippen molar-refractivity contribution in [2.75, 3.05) is 26.2 Å². The molecule has 1 heterocycles. The average Bonchev–Trinajstić information content (AvgIpc) is 2.58. The summed E-state index contributed by atoms with van der Waals surface area (Å²) < 4.78 is 0. The van der Waals surface area contributed by atoms with Crippen LogP contribution in [0, 0.1) is 11.3 Å². The van der Waals surface area contributed by atoms with E-state index in [1.165, 1.54) is 51.7 Å². The van der Waals surface area contributed by atoms with Gasteiger partial charge in [0.25, 0.3) is 0 Å². The van der Waals surface area contributed by atoms with Gasteiger partial charge in [-0.3, -0.25) is 0 Å². The highest BCUT2D eigenvalue weighted by Crippen LogP contribution is 2.41. The summed E-state index contributed by atoms with van der Waals surface area (Å²) in [6.45, 7) is 12.3. The topological polar surface area (TPSA) is 15.3 Å². The van der Waals surface area contributed by atoms with Crippen molar-refractivity contribution in [3.63, 3.8) is 0 Å². The fourth-order valence-electron chi connectivity index (χ4n) is 3.85.